The Labute approximate surface area is 104 Å². The predicted octanol–water partition coefficient (Wildman–Crippen LogP) is 1.93. The van der Waals surface area contributed by atoms with Crippen LogP contribution in [-0.2, 0) is 0 Å². The van der Waals surface area contributed by atoms with E-state index < -0.39 is 0 Å². The second-order valence-electron chi connectivity index (χ2n) is 3.60. The lowest BCUT2D eigenvalue weighted by Crippen LogP contribution is -2.27. The van der Waals surface area contributed by atoms with E-state index in [2.05, 4.69) is 15.0 Å². The number of amides is 2. The smallest absolute Gasteiger partial charge is 0.322 e. The Kier molecular flexibility index (Phi) is 4.72. The fraction of sp³-hybridized carbons (Fsp3) is 0.500. The average molecular weight is 253 g/mol. The van der Waals surface area contributed by atoms with E-state index in [1.165, 1.54) is 4.90 Å². The van der Waals surface area contributed by atoms with Crippen LogP contribution in [-0.4, -0.2) is 35.9 Å². The molecule has 2 N–H and O–H groups in total. The number of urea groups is 1. The maximum Gasteiger partial charge on any atom is 0.322 e. The number of nitrogens with zero attached hydrogens (tertiary/aromatic N) is 3. The molecule has 0 aliphatic carbocycles. The Morgan fingerprint density at radius 3 is 2.82 bits per heavy atom. The number of aromatic nitrogens is 1. The molecule has 1 aromatic heterocycles. The van der Waals surface area contributed by atoms with Gasteiger partial charge in [0.25, 0.3) is 0 Å². The third-order valence-corrected chi connectivity index (χ3v) is 2.74. The molecule has 1 heterocycles. The molecule has 92 valence electrons. The largest absolute Gasteiger partial charge is 0.368 e. The summed E-state index contributed by atoms with van der Waals surface area (Å²) in [7, 11) is 3.28. The molecule has 1 aromatic rings. The van der Waals surface area contributed by atoms with Gasteiger partial charge in [-0.1, -0.05) is 6.92 Å². The topological polar surface area (TPSA) is 81.1 Å². The van der Waals surface area contributed by atoms with Crippen molar-refractivity contribution in [1.29, 1.82) is 5.26 Å². The van der Waals surface area contributed by atoms with Gasteiger partial charge in [-0.3, -0.25) is 5.32 Å². The molecule has 0 saturated carbocycles. The maximum absolute atomic E-state index is 11.5. The summed E-state index contributed by atoms with van der Waals surface area (Å²) in [6.07, 6.45) is 0.946. The first-order valence-electron chi connectivity index (χ1n) is 5.22. The number of nitrogens with one attached hydrogen (secondary N) is 2. The summed E-state index contributed by atoms with van der Waals surface area (Å²) in [5.41, 5.74) is 0.388. The number of anilines is 2. The molecule has 6 nitrogen and oxygen atoms in total. The first-order valence-corrected chi connectivity index (χ1v) is 5.99. The van der Waals surface area contributed by atoms with Gasteiger partial charge in [0, 0.05) is 20.6 Å². The Bertz CT molecular complexity index is 434. The molecule has 0 aliphatic heterocycles. The maximum atomic E-state index is 11.5. The van der Waals surface area contributed by atoms with Gasteiger partial charge in [0.15, 0.2) is 5.82 Å². The standard InChI is InChI=1S/C10H15N5OS/c1-4-5-12-8-7(6-11)9(17-14-8)13-10(16)15(2)3/h4-5H2,1-3H3,(H,12,14)(H,13,16). The van der Waals surface area contributed by atoms with E-state index in [-0.39, 0.29) is 6.03 Å². The average Bonchev–Trinajstić information content (AvgIpc) is 2.68. The van der Waals surface area contributed by atoms with Gasteiger partial charge >= 0.3 is 6.03 Å². The Balaban J connectivity index is 2.84. The lowest BCUT2D eigenvalue weighted by Gasteiger charge is -2.10. The number of hydrogen-bond donors (Lipinski definition) is 2. The third-order valence-electron chi connectivity index (χ3n) is 1.97. The van der Waals surface area contributed by atoms with Crippen LogP contribution in [0.5, 0.6) is 0 Å². The number of nitriles is 1. The Morgan fingerprint density at radius 2 is 2.29 bits per heavy atom. The lowest BCUT2D eigenvalue weighted by molar-refractivity contribution is 0.231. The summed E-state index contributed by atoms with van der Waals surface area (Å²) in [5.74, 6) is 0.536. The Hall–Kier alpha value is -1.81. The highest BCUT2D eigenvalue weighted by molar-refractivity contribution is 7.11. The van der Waals surface area contributed by atoms with Gasteiger partial charge in [0.05, 0.1) is 0 Å². The molecule has 2 amide bonds. The van der Waals surface area contributed by atoms with Gasteiger partial charge in [-0.2, -0.15) is 9.64 Å². The van der Waals surface area contributed by atoms with Crippen molar-refractivity contribution in [3.63, 3.8) is 0 Å². The van der Waals surface area contributed by atoms with E-state index in [1.54, 1.807) is 14.1 Å². The molecule has 0 fully saturated rings. The third kappa shape index (κ3) is 3.32. The molecule has 1 rings (SSSR count). The molecule has 0 atom stereocenters. The monoisotopic (exact) mass is 253 g/mol. The molecule has 0 aromatic carbocycles. The van der Waals surface area contributed by atoms with E-state index in [0.717, 1.165) is 24.5 Å². The fourth-order valence-corrected chi connectivity index (χ4v) is 1.76. The minimum atomic E-state index is -0.271. The number of hydrogen-bond acceptors (Lipinski definition) is 5. The summed E-state index contributed by atoms with van der Waals surface area (Å²) in [5, 5.41) is 15.2. The van der Waals surface area contributed by atoms with E-state index in [4.69, 9.17) is 5.26 Å². The molecule has 0 saturated heterocycles. The van der Waals surface area contributed by atoms with Gasteiger partial charge in [-0.25, -0.2) is 4.79 Å². The van der Waals surface area contributed by atoms with Crippen LogP contribution < -0.4 is 10.6 Å². The predicted molar refractivity (Wildman–Crippen MR) is 68.3 cm³/mol. The molecule has 17 heavy (non-hydrogen) atoms. The molecule has 0 spiro atoms. The van der Waals surface area contributed by atoms with Gasteiger partial charge in [0.1, 0.15) is 16.6 Å². The van der Waals surface area contributed by atoms with E-state index >= 15 is 0 Å². The first-order chi connectivity index (χ1) is 8.10. The zero-order valence-corrected chi connectivity index (χ0v) is 10.9. The molecule has 0 unspecified atom stereocenters. The van der Waals surface area contributed by atoms with Gasteiger partial charge in [-0.15, -0.1) is 0 Å². The van der Waals surface area contributed by atoms with E-state index in [1.807, 2.05) is 13.0 Å². The summed E-state index contributed by atoms with van der Waals surface area (Å²) in [4.78, 5) is 12.9. The first kappa shape index (κ1) is 13.3. The summed E-state index contributed by atoms with van der Waals surface area (Å²) in [6, 6.07) is 1.78. The molecule has 0 radical (unpaired) electrons. The molecular formula is C10H15N5OS. The minimum Gasteiger partial charge on any atom is -0.368 e. The van der Waals surface area contributed by atoms with Crippen molar-refractivity contribution in [2.75, 3.05) is 31.3 Å². The highest BCUT2D eigenvalue weighted by atomic mass is 32.1. The summed E-state index contributed by atoms with van der Waals surface area (Å²) in [6.45, 7) is 2.78. The SMILES string of the molecule is CCCNc1nsc(NC(=O)N(C)C)c1C#N. The van der Waals surface area contributed by atoms with Crippen molar-refractivity contribution in [2.24, 2.45) is 0 Å². The minimum absolute atomic E-state index is 0.271. The highest BCUT2D eigenvalue weighted by Crippen LogP contribution is 2.27. The fourth-order valence-electron chi connectivity index (χ4n) is 1.05. The normalized spacial score (nSPS) is 9.53. The molecule has 0 aliphatic rings. The van der Waals surface area contributed by atoms with Crippen molar-refractivity contribution in [1.82, 2.24) is 9.27 Å². The zero-order valence-electron chi connectivity index (χ0n) is 10.1. The number of carbonyl (C=O) groups excluding carboxylic acids is 1. The van der Waals surface area contributed by atoms with Crippen molar-refractivity contribution in [3.05, 3.63) is 5.56 Å². The van der Waals surface area contributed by atoms with Crippen molar-refractivity contribution in [3.8, 4) is 6.07 Å². The second-order valence-corrected chi connectivity index (χ2v) is 4.37. The van der Waals surface area contributed by atoms with Crippen molar-refractivity contribution >= 4 is 28.4 Å². The number of rotatable bonds is 4. The summed E-state index contributed by atoms with van der Waals surface area (Å²) >= 11 is 1.10. The van der Waals surface area contributed by atoms with Gasteiger partial charge in [0.2, 0.25) is 0 Å². The zero-order chi connectivity index (χ0) is 12.8. The number of carbonyl (C=O) groups is 1. The van der Waals surface area contributed by atoms with Crippen LogP contribution in [0.1, 0.15) is 18.9 Å². The summed E-state index contributed by atoms with van der Waals surface area (Å²) < 4.78 is 4.11. The van der Waals surface area contributed by atoms with Crippen LogP contribution in [0, 0.1) is 11.3 Å². The van der Waals surface area contributed by atoms with E-state index in [0.29, 0.717) is 16.4 Å². The second kappa shape index (κ2) is 6.06. The lowest BCUT2D eigenvalue weighted by atomic mass is 10.3. The van der Waals surface area contributed by atoms with Crippen LogP contribution in [0.15, 0.2) is 0 Å². The molecule has 0 bridgehead atoms. The van der Waals surface area contributed by atoms with Gasteiger partial charge in [-0.05, 0) is 18.0 Å². The van der Waals surface area contributed by atoms with Crippen LogP contribution >= 0.6 is 11.5 Å². The van der Waals surface area contributed by atoms with Crippen LogP contribution in [0.25, 0.3) is 0 Å². The Morgan fingerprint density at radius 1 is 1.59 bits per heavy atom. The highest BCUT2D eigenvalue weighted by Gasteiger charge is 2.15. The van der Waals surface area contributed by atoms with Crippen LogP contribution in [0.3, 0.4) is 0 Å². The molecule has 7 heteroatoms. The van der Waals surface area contributed by atoms with E-state index in [9.17, 15) is 4.79 Å². The van der Waals surface area contributed by atoms with Crippen molar-refractivity contribution in [2.45, 2.75) is 13.3 Å². The van der Waals surface area contributed by atoms with Gasteiger partial charge < -0.3 is 10.2 Å². The van der Waals surface area contributed by atoms with Crippen molar-refractivity contribution < 1.29 is 4.79 Å². The molecular weight excluding hydrogens is 238 g/mol. The van der Waals surface area contributed by atoms with Crippen LogP contribution in [0.2, 0.25) is 0 Å². The van der Waals surface area contributed by atoms with Crippen LogP contribution in [0.4, 0.5) is 15.6 Å². The quantitative estimate of drug-likeness (QED) is 0.859.